The molecule has 0 bridgehead atoms. The average Bonchev–Trinajstić information content (AvgIpc) is 3.73. The number of hydrogen-bond acceptors (Lipinski definition) is 6. The number of benzene rings is 2. The Kier molecular flexibility index (Phi) is 12.4. The van der Waals surface area contributed by atoms with Gasteiger partial charge in [0.15, 0.2) is 0 Å². The van der Waals surface area contributed by atoms with E-state index in [1.807, 2.05) is 42.5 Å². The van der Waals surface area contributed by atoms with Crippen LogP contribution in [0.1, 0.15) is 80.8 Å². The van der Waals surface area contributed by atoms with Crippen molar-refractivity contribution in [3.63, 3.8) is 0 Å². The molecular formula is C38H53N5O5. The van der Waals surface area contributed by atoms with E-state index < -0.39 is 5.97 Å². The van der Waals surface area contributed by atoms with E-state index in [4.69, 9.17) is 14.6 Å². The third-order valence-electron chi connectivity index (χ3n) is 8.97. The van der Waals surface area contributed by atoms with Gasteiger partial charge < -0.3 is 39.7 Å². The predicted octanol–water partition coefficient (Wildman–Crippen LogP) is 6.78. The van der Waals surface area contributed by atoms with Gasteiger partial charge in [0.25, 0.3) is 5.91 Å². The zero-order valence-corrected chi connectivity index (χ0v) is 29.0. The molecule has 2 aliphatic rings. The number of amides is 1. The van der Waals surface area contributed by atoms with Gasteiger partial charge >= 0.3 is 5.97 Å². The van der Waals surface area contributed by atoms with Crippen LogP contribution in [-0.4, -0.2) is 95.3 Å². The molecule has 0 atom stereocenters. The molecule has 10 nitrogen and oxygen atoms in total. The van der Waals surface area contributed by atoms with Crippen LogP contribution in [0.4, 0.5) is 0 Å². The van der Waals surface area contributed by atoms with Crippen LogP contribution in [0.3, 0.4) is 0 Å². The van der Waals surface area contributed by atoms with Crippen molar-refractivity contribution in [3.8, 4) is 11.5 Å². The maximum absolute atomic E-state index is 12.9. The van der Waals surface area contributed by atoms with Gasteiger partial charge in [-0.1, -0.05) is 46.2 Å². The molecule has 10 heteroatoms. The minimum atomic E-state index is -0.962. The highest BCUT2D eigenvalue weighted by Gasteiger charge is 2.23. The summed E-state index contributed by atoms with van der Waals surface area (Å²) in [7, 11) is 0. The number of aromatic carboxylic acids is 1. The van der Waals surface area contributed by atoms with Gasteiger partial charge in [0.2, 0.25) is 0 Å². The monoisotopic (exact) mass is 659 g/mol. The molecule has 2 aliphatic heterocycles. The number of piperidine rings is 2. The summed E-state index contributed by atoms with van der Waals surface area (Å²) in [6.45, 7) is 16.7. The molecule has 4 N–H and O–H groups in total. The summed E-state index contributed by atoms with van der Waals surface area (Å²) >= 11 is 0. The number of carboxylic acid groups (broad SMARTS) is 1. The fraction of sp³-hybridized carbons (Fsp3) is 0.526. The van der Waals surface area contributed by atoms with Gasteiger partial charge in [-0.05, 0) is 87.0 Å². The van der Waals surface area contributed by atoms with E-state index in [0.717, 1.165) is 65.8 Å². The highest BCUT2D eigenvalue weighted by atomic mass is 16.5. The number of ether oxygens (including phenoxy) is 2. The first-order valence-corrected chi connectivity index (χ1v) is 17.6. The minimum Gasteiger partial charge on any atom is -0.493 e. The largest absolute Gasteiger partial charge is 0.493 e. The molecule has 260 valence electrons. The molecule has 0 saturated carbocycles. The van der Waals surface area contributed by atoms with Crippen LogP contribution in [0, 0.1) is 11.8 Å². The van der Waals surface area contributed by atoms with Crippen molar-refractivity contribution in [2.75, 3.05) is 52.5 Å². The zero-order valence-electron chi connectivity index (χ0n) is 29.0. The summed E-state index contributed by atoms with van der Waals surface area (Å²) in [6.07, 6.45) is 6.15. The van der Waals surface area contributed by atoms with Crippen molar-refractivity contribution >= 4 is 33.7 Å². The molecule has 2 aromatic heterocycles. The molecule has 2 saturated heterocycles. The van der Waals surface area contributed by atoms with E-state index in [1.54, 1.807) is 6.07 Å². The van der Waals surface area contributed by atoms with Crippen molar-refractivity contribution in [1.82, 2.24) is 25.1 Å². The molecule has 0 spiro atoms. The third-order valence-corrected chi connectivity index (χ3v) is 8.97. The topological polar surface area (TPSA) is 123 Å². The van der Waals surface area contributed by atoms with E-state index in [-0.39, 0.29) is 17.6 Å². The lowest BCUT2D eigenvalue weighted by molar-refractivity contribution is 0.0691. The number of aromatic amines is 2. The van der Waals surface area contributed by atoms with Crippen molar-refractivity contribution in [2.24, 2.45) is 11.8 Å². The molecular weight excluding hydrogens is 606 g/mol. The van der Waals surface area contributed by atoms with Crippen molar-refractivity contribution in [2.45, 2.75) is 65.8 Å². The van der Waals surface area contributed by atoms with Crippen LogP contribution >= 0.6 is 0 Å². The second kappa shape index (κ2) is 16.9. The Morgan fingerprint density at radius 1 is 0.771 bits per heavy atom. The fourth-order valence-electron chi connectivity index (χ4n) is 6.29. The summed E-state index contributed by atoms with van der Waals surface area (Å²) in [5, 5.41) is 14.0. The fourth-order valence-corrected chi connectivity index (χ4v) is 6.29. The van der Waals surface area contributed by atoms with Crippen LogP contribution in [0.5, 0.6) is 11.5 Å². The number of aromatic nitrogens is 2. The Bertz CT molecular complexity index is 1630. The normalized spacial score (nSPS) is 16.3. The Labute approximate surface area is 284 Å². The minimum absolute atomic E-state index is 0.0159. The number of likely N-dealkylation sites (tertiary alicyclic amines) is 2. The molecule has 2 fully saturated rings. The number of rotatable bonds is 12. The van der Waals surface area contributed by atoms with Gasteiger partial charge in [-0.25, -0.2) is 4.79 Å². The van der Waals surface area contributed by atoms with Gasteiger partial charge in [0.05, 0.1) is 13.2 Å². The Balaban J connectivity index is 0.000000224. The van der Waals surface area contributed by atoms with E-state index in [9.17, 15) is 9.59 Å². The molecule has 2 aromatic carbocycles. The molecule has 0 unspecified atom stereocenters. The average molecular weight is 660 g/mol. The first-order chi connectivity index (χ1) is 23.2. The highest BCUT2D eigenvalue weighted by Crippen LogP contribution is 2.28. The zero-order chi connectivity index (χ0) is 34.0. The van der Waals surface area contributed by atoms with Gasteiger partial charge in [0, 0.05) is 54.0 Å². The number of carbonyl (C=O) groups is 2. The maximum atomic E-state index is 12.9. The second-order valence-corrected chi connectivity index (χ2v) is 14.0. The van der Waals surface area contributed by atoms with Crippen LogP contribution < -0.4 is 14.8 Å². The van der Waals surface area contributed by atoms with Crippen LogP contribution in [0.15, 0.2) is 48.5 Å². The van der Waals surface area contributed by atoms with Crippen LogP contribution in [0.25, 0.3) is 21.8 Å². The Hall–Kier alpha value is -4.02. The van der Waals surface area contributed by atoms with Crippen molar-refractivity contribution < 1.29 is 24.2 Å². The van der Waals surface area contributed by atoms with Gasteiger partial charge in [0.1, 0.15) is 22.9 Å². The van der Waals surface area contributed by atoms with Crippen molar-refractivity contribution in [3.05, 3.63) is 59.9 Å². The summed E-state index contributed by atoms with van der Waals surface area (Å²) in [4.78, 5) is 35.0. The lowest BCUT2D eigenvalue weighted by Gasteiger charge is -2.34. The lowest BCUT2D eigenvalue weighted by atomic mass is 10.0. The summed E-state index contributed by atoms with van der Waals surface area (Å²) < 4.78 is 11.6. The van der Waals surface area contributed by atoms with E-state index in [2.05, 4.69) is 52.8 Å². The first-order valence-electron chi connectivity index (χ1n) is 17.6. The predicted molar refractivity (Wildman–Crippen MR) is 191 cm³/mol. The Morgan fingerprint density at radius 3 is 1.79 bits per heavy atom. The van der Waals surface area contributed by atoms with E-state index >= 15 is 0 Å². The van der Waals surface area contributed by atoms with Gasteiger partial charge in [-0.2, -0.15) is 0 Å². The van der Waals surface area contributed by atoms with E-state index in [0.29, 0.717) is 30.7 Å². The Morgan fingerprint density at radius 2 is 1.27 bits per heavy atom. The molecule has 0 aliphatic carbocycles. The van der Waals surface area contributed by atoms with Crippen molar-refractivity contribution in [1.29, 1.82) is 0 Å². The van der Waals surface area contributed by atoms with E-state index in [1.165, 1.54) is 38.9 Å². The van der Waals surface area contributed by atoms with Gasteiger partial charge in [-0.3, -0.25) is 4.79 Å². The standard InChI is InChI=1S/C25H38N4O2.C13H15NO3/c1-19(2)18-31-24-8-6-7-22-21(24)17-23(27-22)25(30)26-20-9-13-29(14-10-20)16-15-28-11-4-3-5-12-28;1-8(2)7-17-12-5-3-4-10-9(12)6-11(14-10)13(15)16/h6-8,17,19-20,27H,3-5,9-16,18H2,1-2H3,(H,26,30);3-6,8,14H,7H2,1-2H3,(H,15,16). The highest BCUT2D eigenvalue weighted by molar-refractivity contribution is 6.00. The SMILES string of the molecule is CC(C)COc1cccc2[nH]c(C(=O)NC3CCN(CCN4CCCCC4)CC3)cc12.CC(C)COc1cccc2[nH]c(C(=O)O)cc12. The van der Waals surface area contributed by atoms with Gasteiger partial charge in [-0.15, -0.1) is 0 Å². The summed E-state index contributed by atoms with van der Waals surface area (Å²) in [5.74, 6) is 1.48. The number of hydrogen-bond donors (Lipinski definition) is 4. The number of fused-ring (bicyclic) bond motifs is 2. The third kappa shape index (κ3) is 9.76. The number of carboxylic acids is 1. The van der Waals surface area contributed by atoms with Crippen LogP contribution in [-0.2, 0) is 0 Å². The first kappa shape index (κ1) is 35.3. The number of nitrogens with one attached hydrogen (secondary N) is 3. The smallest absolute Gasteiger partial charge is 0.352 e. The molecule has 48 heavy (non-hydrogen) atoms. The maximum Gasteiger partial charge on any atom is 0.352 e. The summed E-state index contributed by atoms with van der Waals surface area (Å²) in [5.41, 5.74) is 2.52. The molecule has 4 heterocycles. The summed E-state index contributed by atoms with van der Waals surface area (Å²) in [6, 6.07) is 15.3. The molecule has 4 aromatic rings. The molecule has 0 radical (unpaired) electrons. The lowest BCUT2D eigenvalue weighted by Crippen LogP contribution is -2.46. The molecule has 1 amide bonds. The van der Waals surface area contributed by atoms with Crippen LogP contribution in [0.2, 0.25) is 0 Å². The number of carbonyl (C=O) groups excluding carboxylic acids is 1. The second-order valence-electron chi connectivity index (χ2n) is 14.0. The quantitative estimate of drug-likeness (QED) is 0.132. The number of H-pyrrole nitrogens is 2. The number of nitrogens with zero attached hydrogens (tertiary/aromatic N) is 2. The molecule has 6 rings (SSSR count).